The topological polar surface area (TPSA) is 51.0 Å². The minimum absolute atomic E-state index is 0.0881. The fourth-order valence-corrected chi connectivity index (χ4v) is 2.98. The van der Waals surface area contributed by atoms with E-state index < -0.39 is 0 Å². The number of para-hydroxylation sites is 1. The van der Waals surface area contributed by atoms with Crippen LogP contribution >= 0.6 is 0 Å². The zero-order valence-electron chi connectivity index (χ0n) is 10.9. The first-order valence-electron chi connectivity index (χ1n) is 6.77. The average Bonchev–Trinajstić information content (AvgIpc) is 3.10. The molecule has 2 atom stereocenters. The van der Waals surface area contributed by atoms with Gasteiger partial charge in [-0.25, -0.2) is 4.79 Å². The van der Waals surface area contributed by atoms with Crippen molar-refractivity contribution in [3.8, 4) is 0 Å². The quantitative estimate of drug-likeness (QED) is 0.733. The van der Waals surface area contributed by atoms with E-state index in [-0.39, 0.29) is 6.03 Å². The standard InChI is InChI=1S/C15H14N4O/c20-15(18-9-11-5-1-2-6-12(11)10-18)19-14-8-4-3-7-13(14)16-17-19/h1-8,11-12H,9-10H2. The Hall–Kier alpha value is -2.43. The third-order valence-corrected chi connectivity index (χ3v) is 4.04. The zero-order valence-corrected chi connectivity index (χ0v) is 10.9. The molecule has 5 heteroatoms. The number of amides is 1. The number of allylic oxidation sites excluding steroid dienone is 2. The van der Waals surface area contributed by atoms with E-state index in [0.29, 0.717) is 11.8 Å². The maximum Gasteiger partial charge on any atom is 0.346 e. The number of carbonyl (C=O) groups is 1. The van der Waals surface area contributed by atoms with E-state index in [9.17, 15) is 4.79 Å². The van der Waals surface area contributed by atoms with E-state index in [1.54, 1.807) is 0 Å². The molecule has 4 rings (SSSR count). The molecule has 2 unspecified atom stereocenters. The summed E-state index contributed by atoms with van der Waals surface area (Å²) < 4.78 is 1.40. The highest BCUT2D eigenvalue weighted by Crippen LogP contribution is 2.29. The van der Waals surface area contributed by atoms with Gasteiger partial charge >= 0.3 is 6.03 Å². The summed E-state index contributed by atoms with van der Waals surface area (Å²) in [6.45, 7) is 1.50. The predicted octanol–water partition coefficient (Wildman–Crippen LogP) is 2.07. The number of hydrogen-bond acceptors (Lipinski definition) is 3. The maximum atomic E-state index is 12.6. The fourth-order valence-electron chi connectivity index (χ4n) is 2.98. The van der Waals surface area contributed by atoms with Gasteiger partial charge in [-0.05, 0) is 12.1 Å². The molecule has 0 bridgehead atoms. The Morgan fingerprint density at radius 1 is 1.10 bits per heavy atom. The summed E-state index contributed by atoms with van der Waals surface area (Å²) in [5.41, 5.74) is 1.51. The van der Waals surface area contributed by atoms with Crippen LogP contribution in [0, 0.1) is 11.8 Å². The van der Waals surface area contributed by atoms with Crippen LogP contribution in [0.15, 0.2) is 48.6 Å². The molecule has 1 saturated heterocycles. The van der Waals surface area contributed by atoms with Gasteiger partial charge in [0.25, 0.3) is 0 Å². The molecule has 1 aromatic heterocycles. The van der Waals surface area contributed by atoms with Gasteiger partial charge in [0.1, 0.15) is 5.52 Å². The molecule has 2 aromatic rings. The van der Waals surface area contributed by atoms with Crippen LogP contribution in [-0.4, -0.2) is 39.0 Å². The molecule has 0 radical (unpaired) electrons. The van der Waals surface area contributed by atoms with E-state index in [1.165, 1.54) is 4.68 Å². The van der Waals surface area contributed by atoms with Gasteiger partial charge in [0.15, 0.2) is 0 Å². The molecule has 1 aromatic carbocycles. The van der Waals surface area contributed by atoms with Crippen LogP contribution in [0.4, 0.5) is 4.79 Å². The number of hydrogen-bond donors (Lipinski definition) is 0. The van der Waals surface area contributed by atoms with E-state index in [0.717, 1.165) is 24.1 Å². The smallest absolute Gasteiger partial charge is 0.322 e. The van der Waals surface area contributed by atoms with E-state index in [2.05, 4.69) is 34.6 Å². The van der Waals surface area contributed by atoms with Crippen molar-refractivity contribution in [1.29, 1.82) is 0 Å². The average molecular weight is 266 g/mol. The number of benzene rings is 1. The van der Waals surface area contributed by atoms with Gasteiger partial charge < -0.3 is 4.90 Å². The lowest BCUT2D eigenvalue weighted by molar-refractivity contribution is 0.206. The fraction of sp³-hybridized carbons (Fsp3) is 0.267. The summed E-state index contributed by atoms with van der Waals surface area (Å²) in [5, 5.41) is 8.04. The second kappa shape index (κ2) is 4.30. The van der Waals surface area contributed by atoms with Crippen molar-refractivity contribution in [2.75, 3.05) is 13.1 Å². The summed E-state index contributed by atoms with van der Waals surface area (Å²) >= 11 is 0. The van der Waals surface area contributed by atoms with Crippen LogP contribution in [0.5, 0.6) is 0 Å². The predicted molar refractivity (Wildman–Crippen MR) is 75.2 cm³/mol. The molecule has 2 aliphatic rings. The minimum Gasteiger partial charge on any atom is -0.322 e. The summed E-state index contributed by atoms with van der Waals surface area (Å²) in [6.07, 6.45) is 8.47. The second-order valence-electron chi connectivity index (χ2n) is 5.28. The summed E-state index contributed by atoms with van der Waals surface area (Å²) in [7, 11) is 0. The molecule has 0 N–H and O–H groups in total. The molecular formula is C15H14N4O. The number of carbonyl (C=O) groups excluding carboxylic acids is 1. The van der Waals surface area contributed by atoms with Gasteiger partial charge in [-0.1, -0.05) is 41.7 Å². The third-order valence-electron chi connectivity index (χ3n) is 4.04. The minimum atomic E-state index is -0.0881. The van der Waals surface area contributed by atoms with Crippen LogP contribution in [0.3, 0.4) is 0 Å². The molecule has 1 fully saturated rings. The molecule has 2 heterocycles. The monoisotopic (exact) mass is 266 g/mol. The van der Waals surface area contributed by atoms with E-state index in [4.69, 9.17) is 0 Å². The molecule has 100 valence electrons. The Bertz CT molecular complexity index is 710. The summed E-state index contributed by atoms with van der Waals surface area (Å²) in [4.78, 5) is 14.5. The van der Waals surface area contributed by atoms with Crippen LogP contribution in [0.1, 0.15) is 0 Å². The molecule has 0 saturated carbocycles. The largest absolute Gasteiger partial charge is 0.346 e. The first-order chi connectivity index (χ1) is 9.83. The highest BCUT2D eigenvalue weighted by molar-refractivity contribution is 5.87. The zero-order chi connectivity index (χ0) is 13.5. The van der Waals surface area contributed by atoms with Gasteiger partial charge in [-0.3, -0.25) is 0 Å². The molecule has 1 aliphatic carbocycles. The van der Waals surface area contributed by atoms with Crippen LogP contribution in [-0.2, 0) is 0 Å². The van der Waals surface area contributed by atoms with Gasteiger partial charge in [-0.15, -0.1) is 5.10 Å². The van der Waals surface area contributed by atoms with Crippen molar-refractivity contribution in [3.05, 3.63) is 48.6 Å². The van der Waals surface area contributed by atoms with E-state index >= 15 is 0 Å². The Kier molecular flexibility index (Phi) is 2.45. The highest BCUT2D eigenvalue weighted by Gasteiger charge is 2.34. The molecule has 20 heavy (non-hydrogen) atoms. The van der Waals surface area contributed by atoms with Crippen molar-refractivity contribution >= 4 is 17.1 Å². The SMILES string of the molecule is O=C(N1CC2C=CC=CC2C1)n1nnc2ccccc21. The Morgan fingerprint density at radius 3 is 2.55 bits per heavy atom. The first-order valence-corrected chi connectivity index (χ1v) is 6.77. The maximum absolute atomic E-state index is 12.6. The van der Waals surface area contributed by atoms with Crippen LogP contribution in [0.2, 0.25) is 0 Å². The van der Waals surface area contributed by atoms with Gasteiger partial charge in [-0.2, -0.15) is 4.68 Å². The van der Waals surface area contributed by atoms with Crippen LogP contribution < -0.4 is 0 Å². The van der Waals surface area contributed by atoms with E-state index in [1.807, 2.05) is 29.2 Å². The molecular weight excluding hydrogens is 252 g/mol. The third kappa shape index (κ3) is 1.66. The van der Waals surface area contributed by atoms with Crippen molar-refractivity contribution in [3.63, 3.8) is 0 Å². The second-order valence-corrected chi connectivity index (χ2v) is 5.28. The van der Waals surface area contributed by atoms with Crippen molar-refractivity contribution in [1.82, 2.24) is 19.9 Å². The van der Waals surface area contributed by atoms with Crippen LogP contribution in [0.25, 0.3) is 11.0 Å². The van der Waals surface area contributed by atoms with Crippen molar-refractivity contribution < 1.29 is 4.79 Å². The van der Waals surface area contributed by atoms with Crippen molar-refractivity contribution in [2.45, 2.75) is 0 Å². The molecule has 5 nitrogen and oxygen atoms in total. The number of rotatable bonds is 0. The van der Waals surface area contributed by atoms with Gasteiger partial charge in [0.2, 0.25) is 0 Å². The Balaban J connectivity index is 1.65. The summed E-state index contributed by atoms with van der Waals surface area (Å²) in [5.74, 6) is 0.859. The Morgan fingerprint density at radius 2 is 1.80 bits per heavy atom. The van der Waals surface area contributed by atoms with Crippen molar-refractivity contribution in [2.24, 2.45) is 11.8 Å². The number of nitrogens with zero attached hydrogens (tertiary/aromatic N) is 4. The number of aromatic nitrogens is 3. The summed E-state index contributed by atoms with van der Waals surface area (Å²) in [6, 6.07) is 7.43. The lowest BCUT2D eigenvalue weighted by Crippen LogP contribution is -2.33. The molecule has 0 spiro atoms. The normalized spacial score (nSPS) is 24.3. The Labute approximate surface area is 116 Å². The number of fused-ring (bicyclic) bond motifs is 2. The lowest BCUT2D eigenvalue weighted by atomic mass is 9.92. The first kappa shape index (κ1) is 11.4. The van der Waals surface area contributed by atoms with Gasteiger partial charge in [0.05, 0.1) is 5.52 Å². The molecule has 1 aliphatic heterocycles. The number of likely N-dealkylation sites (tertiary alicyclic amines) is 1. The highest BCUT2D eigenvalue weighted by atomic mass is 16.2. The molecule has 1 amide bonds. The lowest BCUT2D eigenvalue weighted by Gasteiger charge is -2.15. The van der Waals surface area contributed by atoms with Gasteiger partial charge in [0, 0.05) is 24.9 Å².